The fraction of sp³-hybridized carbons (Fsp3) is 0.435. The van der Waals surface area contributed by atoms with E-state index in [0.29, 0.717) is 11.1 Å². The molecule has 1 aliphatic rings. The fourth-order valence-corrected chi connectivity index (χ4v) is 3.91. The van der Waals surface area contributed by atoms with Gasteiger partial charge in [-0.25, -0.2) is 0 Å². The number of nitro groups is 1. The molecule has 0 spiro atoms. The molecule has 0 aliphatic heterocycles. The van der Waals surface area contributed by atoms with Crippen LogP contribution in [0, 0.1) is 16.0 Å². The maximum absolute atomic E-state index is 11.5. The van der Waals surface area contributed by atoms with Crippen LogP contribution in [0.4, 0.5) is 5.69 Å². The number of hydrogen-bond acceptors (Lipinski definition) is 4. The van der Waals surface area contributed by atoms with E-state index in [2.05, 4.69) is 11.9 Å². The standard InChI is InChI=1S/C23H28N2O3.2ClH.Zr/c1-16-9-11-19(12-10-16)24-15-17-13-20(25(27)28)14-21(22(17)26)23(2,3)18-7-5-4-6-8-18;;;/h4-8,13-16,19,26H,9-12H2,1-3H3;2*1H;/q;;;+2/p-2. The molecular weight excluding hydrogens is 514 g/mol. The van der Waals surface area contributed by atoms with Gasteiger partial charge in [-0.1, -0.05) is 51.1 Å². The van der Waals surface area contributed by atoms with Crippen molar-refractivity contribution in [3.8, 4) is 5.75 Å². The van der Waals surface area contributed by atoms with Crippen molar-refractivity contribution in [2.24, 2.45) is 10.9 Å². The second kappa shape index (κ2) is 12.1. The van der Waals surface area contributed by atoms with Crippen molar-refractivity contribution in [1.82, 2.24) is 0 Å². The van der Waals surface area contributed by atoms with Gasteiger partial charge in [0, 0.05) is 40.9 Å². The van der Waals surface area contributed by atoms with Crippen molar-refractivity contribution in [1.29, 1.82) is 0 Å². The monoisotopic (exact) mass is 540 g/mol. The van der Waals surface area contributed by atoms with Crippen molar-refractivity contribution in [2.75, 3.05) is 0 Å². The molecule has 3 rings (SSSR count). The van der Waals surface area contributed by atoms with Crippen LogP contribution in [0.1, 0.15) is 63.1 Å². The van der Waals surface area contributed by atoms with E-state index in [1.54, 1.807) is 6.21 Å². The first-order valence-electron chi connectivity index (χ1n) is 10.3. The number of aromatic hydroxyl groups is 1. The van der Waals surface area contributed by atoms with Crippen LogP contribution < -0.4 is 0 Å². The number of phenols is 1. The van der Waals surface area contributed by atoms with Gasteiger partial charge in [0.05, 0.1) is 4.92 Å². The Kier molecular flexibility index (Phi) is 10.2. The summed E-state index contributed by atoms with van der Waals surface area (Å²) < 4.78 is 0. The van der Waals surface area contributed by atoms with Crippen LogP contribution in [0.5, 0.6) is 5.75 Å². The Labute approximate surface area is 202 Å². The van der Waals surface area contributed by atoms with E-state index in [-0.39, 0.29) is 17.5 Å². The van der Waals surface area contributed by atoms with E-state index >= 15 is 0 Å². The number of aliphatic imine (C=N–C) groups is 1. The fourth-order valence-electron chi connectivity index (χ4n) is 3.91. The van der Waals surface area contributed by atoms with Gasteiger partial charge < -0.3 is 5.11 Å². The molecule has 0 heterocycles. The molecule has 0 atom stereocenters. The van der Waals surface area contributed by atoms with E-state index in [1.807, 2.05) is 44.2 Å². The molecular formula is C23H28Cl2N2O3Zr. The molecule has 0 saturated heterocycles. The van der Waals surface area contributed by atoms with Gasteiger partial charge in [0.1, 0.15) is 5.75 Å². The SMILES string of the molecule is CC1CCC(N=Cc2cc([N+](=O)[O-])cc(C(C)(C)c3ccccc3)c2O)CC1.[Cl][Zr][Cl]. The summed E-state index contributed by atoms with van der Waals surface area (Å²) in [7, 11) is 9.87. The quantitative estimate of drug-likeness (QED) is 0.251. The minimum atomic E-state index is -0.826. The zero-order valence-corrected chi connectivity index (χ0v) is 22.0. The number of phenolic OH excluding ortho intramolecular Hbond substituents is 1. The molecule has 0 aromatic heterocycles. The Morgan fingerprint density at radius 3 is 2.29 bits per heavy atom. The first-order chi connectivity index (χ1) is 14.7. The molecule has 1 N–H and O–H groups in total. The van der Waals surface area contributed by atoms with Crippen LogP contribution in [0.25, 0.3) is 0 Å². The van der Waals surface area contributed by atoms with E-state index < -0.39 is 31.2 Å². The third kappa shape index (κ3) is 7.13. The molecule has 2 aromatic rings. The number of non-ortho nitro benzene ring substituents is 1. The average Bonchev–Trinajstić information content (AvgIpc) is 2.75. The third-order valence-electron chi connectivity index (χ3n) is 5.91. The Hall–Kier alpha value is -1.23. The Bertz CT molecular complexity index is 899. The summed E-state index contributed by atoms with van der Waals surface area (Å²) in [5.41, 5.74) is 1.31. The van der Waals surface area contributed by atoms with E-state index in [0.717, 1.165) is 37.2 Å². The summed E-state index contributed by atoms with van der Waals surface area (Å²) in [6, 6.07) is 12.8. The first kappa shape index (κ1) is 26.0. The number of benzene rings is 2. The molecule has 0 radical (unpaired) electrons. The van der Waals surface area contributed by atoms with Gasteiger partial charge in [-0.15, -0.1) is 0 Å². The first-order valence-corrected chi connectivity index (χ1v) is 16.6. The molecule has 1 aliphatic carbocycles. The Morgan fingerprint density at radius 2 is 1.74 bits per heavy atom. The van der Waals surface area contributed by atoms with Crippen LogP contribution in [0.15, 0.2) is 47.5 Å². The topological polar surface area (TPSA) is 75.7 Å². The van der Waals surface area contributed by atoms with Gasteiger partial charge in [0.2, 0.25) is 0 Å². The van der Waals surface area contributed by atoms with E-state index in [1.165, 1.54) is 12.1 Å². The van der Waals surface area contributed by atoms with Crippen molar-refractivity contribution in [2.45, 2.75) is 57.9 Å². The number of hydrogen-bond donors (Lipinski definition) is 1. The number of rotatable bonds is 5. The predicted molar refractivity (Wildman–Crippen MR) is 124 cm³/mol. The van der Waals surface area contributed by atoms with Crippen molar-refractivity contribution in [3.63, 3.8) is 0 Å². The van der Waals surface area contributed by atoms with Crippen LogP contribution in [0.2, 0.25) is 0 Å². The third-order valence-corrected chi connectivity index (χ3v) is 5.91. The zero-order valence-electron chi connectivity index (χ0n) is 18.0. The molecule has 5 nitrogen and oxygen atoms in total. The summed E-state index contributed by atoms with van der Waals surface area (Å²) in [5, 5.41) is 22.5. The van der Waals surface area contributed by atoms with Crippen molar-refractivity contribution < 1.29 is 30.9 Å². The molecule has 0 amide bonds. The van der Waals surface area contributed by atoms with Gasteiger partial charge in [-0.05, 0) is 37.2 Å². The number of halogens is 2. The van der Waals surface area contributed by atoms with Gasteiger partial charge in [-0.2, -0.15) is 0 Å². The van der Waals surface area contributed by atoms with Crippen LogP contribution in [0.3, 0.4) is 0 Å². The van der Waals surface area contributed by atoms with Crippen molar-refractivity contribution in [3.05, 3.63) is 69.3 Å². The molecule has 0 unspecified atom stereocenters. The maximum atomic E-state index is 11.5. The normalized spacial score (nSPS) is 18.9. The molecule has 1 saturated carbocycles. The summed E-state index contributed by atoms with van der Waals surface area (Å²) >= 11 is -0.826. The molecule has 1 fully saturated rings. The number of nitrogens with zero attached hydrogens (tertiary/aromatic N) is 2. The summed E-state index contributed by atoms with van der Waals surface area (Å²) in [6.45, 7) is 6.18. The van der Waals surface area contributed by atoms with Gasteiger partial charge in [0.25, 0.3) is 5.69 Å². The molecule has 31 heavy (non-hydrogen) atoms. The zero-order chi connectivity index (χ0) is 23.0. The van der Waals surface area contributed by atoms with Gasteiger partial charge >= 0.3 is 37.9 Å². The summed E-state index contributed by atoms with van der Waals surface area (Å²) in [4.78, 5) is 15.7. The molecule has 166 valence electrons. The van der Waals surface area contributed by atoms with Gasteiger partial charge in [-0.3, -0.25) is 15.1 Å². The van der Waals surface area contributed by atoms with Crippen LogP contribution in [-0.4, -0.2) is 22.3 Å². The van der Waals surface area contributed by atoms with Crippen molar-refractivity contribution >= 4 is 28.9 Å². The van der Waals surface area contributed by atoms with Crippen LogP contribution >= 0.6 is 17.0 Å². The minimum absolute atomic E-state index is 0.0319. The number of nitro benzene ring substituents is 1. The Balaban J connectivity index is 0.00000107. The van der Waals surface area contributed by atoms with Crippen LogP contribution in [-0.2, 0) is 26.3 Å². The predicted octanol–water partition coefficient (Wildman–Crippen LogP) is 7.00. The summed E-state index contributed by atoms with van der Waals surface area (Å²) in [5.74, 6) is 0.795. The van der Waals surface area contributed by atoms with E-state index in [9.17, 15) is 15.2 Å². The second-order valence-electron chi connectivity index (χ2n) is 8.44. The Morgan fingerprint density at radius 1 is 1.16 bits per heavy atom. The average molecular weight is 543 g/mol. The molecule has 8 heteroatoms. The van der Waals surface area contributed by atoms with Gasteiger partial charge in [0.15, 0.2) is 0 Å². The summed E-state index contributed by atoms with van der Waals surface area (Å²) in [6.07, 6.45) is 5.96. The molecule has 0 bridgehead atoms. The molecule has 2 aromatic carbocycles. The second-order valence-corrected chi connectivity index (χ2v) is 12.2. The van der Waals surface area contributed by atoms with E-state index in [4.69, 9.17) is 17.0 Å².